The molecule has 0 aliphatic carbocycles. The van der Waals surface area contributed by atoms with Gasteiger partial charge in [0.1, 0.15) is 6.10 Å². The van der Waals surface area contributed by atoms with Crippen molar-refractivity contribution >= 4 is 5.97 Å². The second kappa shape index (κ2) is 20.6. The number of aliphatic hydroxyl groups is 4. The van der Waals surface area contributed by atoms with Crippen molar-refractivity contribution in [1.29, 1.82) is 0 Å². The maximum Gasteiger partial charge on any atom is 0.308 e. The van der Waals surface area contributed by atoms with Crippen molar-refractivity contribution in [2.24, 2.45) is 0 Å². The molecular weight excluding hydrogens is 372 g/mol. The Morgan fingerprint density at radius 2 is 1.14 bits per heavy atom. The monoisotopic (exact) mass is 418 g/mol. The van der Waals surface area contributed by atoms with Gasteiger partial charge in [0, 0.05) is 0 Å². The standard InChI is InChI=1S/C23H46O6/c1-2-3-4-5-6-7-8-9-10-11-12-13-14-20(26)15-16-21(27)17-23(28)29-22(18-24)19-25/h20-22,24-27H,2-19H2,1H3. The number of aliphatic hydroxyl groups excluding tert-OH is 4. The van der Waals surface area contributed by atoms with Crippen LogP contribution in [0.15, 0.2) is 0 Å². The first-order chi connectivity index (χ1) is 14.0. The van der Waals surface area contributed by atoms with Gasteiger partial charge in [-0.05, 0) is 19.3 Å². The predicted octanol–water partition coefficient (Wildman–Crippen LogP) is 3.87. The van der Waals surface area contributed by atoms with E-state index in [0.717, 1.165) is 19.3 Å². The maximum atomic E-state index is 11.6. The molecular formula is C23H46O6. The molecule has 29 heavy (non-hydrogen) atoms. The zero-order valence-corrected chi connectivity index (χ0v) is 18.6. The average Bonchev–Trinajstić information content (AvgIpc) is 2.71. The van der Waals surface area contributed by atoms with E-state index < -0.39 is 37.5 Å². The molecule has 0 saturated carbocycles. The molecule has 6 nitrogen and oxygen atoms in total. The number of unbranched alkanes of at least 4 members (excludes halogenated alkanes) is 11. The SMILES string of the molecule is CCCCCCCCCCCCCCC(O)CCC(O)CC(=O)OC(CO)CO. The highest BCUT2D eigenvalue weighted by molar-refractivity contribution is 5.70. The fraction of sp³-hybridized carbons (Fsp3) is 0.957. The number of carbonyl (C=O) groups is 1. The van der Waals surface area contributed by atoms with Crippen LogP contribution in [0.4, 0.5) is 0 Å². The van der Waals surface area contributed by atoms with Crippen molar-refractivity contribution in [1.82, 2.24) is 0 Å². The Morgan fingerprint density at radius 3 is 1.62 bits per heavy atom. The van der Waals surface area contributed by atoms with E-state index in [9.17, 15) is 15.0 Å². The minimum atomic E-state index is -0.939. The third-order valence-electron chi connectivity index (χ3n) is 5.33. The fourth-order valence-electron chi connectivity index (χ4n) is 3.41. The first-order valence-corrected chi connectivity index (χ1v) is 11.8. The van der Waals surface area contributed by atoms with Crippen molar-refractivity contribution in [2.75, 3.05) is 13.2 Å². The van der Waals surface area contributed by atoms with Crippen molar-refractivity contribution in [3.05, 3.63) is 0 Å². The zero-order valence-electron chi connectivity index (χ0n) is 18.6. The summed E-state index contributed by atoms with van der Waals surface area (Å²) in [5.41, 5.74) is 0. The molecule has 0 bridgehead atoms. The predicted molar refractivity (Wildman–Crippen MR) is 116 cm³/mol. The Morgan fingerprint density at radius 1 is 0.690 bits per heavy atom. The lowest BCUT2D eigenvalue weighted by Gasteiger charge is -2.16. The third kappa shape index (κ3) is 19.0. The molecule has 174 valence electrons. The minimum absolute atomic E-state index is 0.193. The molecule has 2 unspecified atom stereocenters. The van der Waals surface area contributed by atoms with E-state index in [1.807, 2.05) is 0 Å². The number of hydrogen-bond acceptors (Lipinski definition) is 6. The van der Waals surface area contributed by atoms with Crippen LogP contribution in [0.2, 0.25) is 0 Å². The second-order valence-corrected chi connectivity index (χ2v) is 8.24. The van der Waals surface area contributed by atoms with Gasteiger partial charge in [-0.15, -0.1) is 0 Å². The molecule has 0 amide bonds. The van der Waals surface area contributed by atoms with Crippen LogP contribution >= 0.6 is 0 Å². The van der Waals surface area contributed by atoms with Gasteiger partial charge in [-0.25, -0.2) is 0 Å². The van der Waals surface area contributed by atoms with Crippen LogP contribution in [-0.2, 0) is 9.53 Å². The van der Waals surface area contributed by atoms with Gasteiger partial charge < -0.3 is 25.2 Å². The van der Waals surface area contributed by atoms with Gasteiger partial charge in [0.25, 0.3) is 0 Å². The Bertz CT molecular complexity index is 359. The molecule has 0 heterocycles. The number of hydrogen-bond donors (Lipinski definition) is 4. The highest BCUT2D eigenvalue weighted by atomic mass is 16.6. The summed E-state index contributed by atoms with van der Waals surface area (Å²) < 4.78 is 4.81. The van der Waals surface area contributed by atoms with Gasteiger partial charge in [-0.3, -0.25) is 4.79 Å². The quantitative estimate of drug-likeness (QED) is 0.166. The Kier molecular flexibility index (Phi) is 20.1. The van der Waals surface area contributed by atoms with Gasteiger partial charge in [0.05, 0.1) is 31.8 Å². The van der Waals surface area contributed by atoms with Gasteiger partial charge in [0.2, 0.25) is 0 Å². The van der Waals surface area contributed by atoms with Crippen LogP contribution < -0.4 is 0 Å². The number of ether oxygens (including phenoxy) is 1. The molecule has 0 aromatic carbocycles. The smallest absolute Gasteiger partial charge is 0.308 e. The molecule has 2 atom stereocenters. The highest BCUT2D eigenvalue weighted by Gasteiger charge is 2.17. The molecule has 0 aliphatic rings. The van der Waals surface area contributed by atoms with E-state index >= 15 is 0 Å². The molecule has 0 spiro atoms. The van der Waals surface area contributed by atoms with Crippen molar-refractivity contribution in [2.45, 2.75) is 128 Å². The number of carbonyl (C=O) groups excluding carboxylic acids is 1. The average molecular weight is 419 g/mol. The molecule has 0 rings (SSSR count). The summed E-state index contributed by atoms with van der Waals surface area (Å²) in [6.07, 6.45) is 14.5. The summed E-state index contributed by atoms with van der Waals surface area (Å²) >= 11 is 0. The summed E-state index contributed by atoms with van der Waals surface area (Å²) in [4.78, 5) is 11.6. The molecule has 0 fully saturated rings. The molecule has 0 aromatic rings. The highest BCUT2D eigenvalue weighted by Crippen LogP contribution is 2.15. The van der Waals surface area contributed by atoms with Crippen LogP contribution in [0.25, 0.3) is 0 Å². The Labute approximate surface area is 177 Å². The first-order valence-electron chi connectivity index (χ1n) is 11.8. The van der Waals surface area contributed by atoms with Crippen LogP contribution in [0.3, 0.4) is 0 Å². The summed E-state index contributed by atoms with van der Waals surface area (Å²) in [6, 6.07) is 0. The molecule has 4 N–H and O–H groups in total. The van der Waals surface area contributed by atoms with Gasteiger partial charge in [-0.2, -0.15) is 0 Å². The fourth-order valence-corrected chi connectivity index (χ4v) is 3.41. The van der Waals surface area contributed by atoms with Crippen LogP contribution in [0.5, 0.6) is 0 Å². The number of esters is 1. The van der Waals surface area contributed by atoms with Crippen molar-refractivity contribution < 1.29 is 30.0 Å². The maximum absolute atomic E-state index is 11.6. The van der Waals surface area contributed by atoms with E-state index in [1.54, 1.807) is 0 Å². The summed E-state index contributed by atoms with van der Waals surface area (Å²) in [6.45, 7) is 1.35. The molecule has 0 aromatic heterocycles. The first kappa shape index (κ1) is 28.3. The Balaban J connectivity index is 3.49. The molecule has 0 saturated heterocycles. The lowest BCUT2D eigenvalue weighted by Crippen LogP contribution is -2.27. The van der Waals surface area contributed by atoms with Crippen LogP contribution in [-0.4, -0.2) is 57.9 Å². The Hall–Kier alpha value is -0.690. The van der Waals surface area contributed by atoms with Crippen molar-refractivity contribution in [3.63, 3.8) is 0 Å². The normalized spacial score (nSPS) is 13.6. The summed E-state index contributed by atoms with van der Waals surface area (Å²) in [5.74, 6) is -0.652. The van der Waals surface area contributed by atoms with Gasteiger partial charge in [0.15, 0.2) is 0 Å². The summed E-state index contributed by atoms with van der Waals surface area (Å²) in [5, 5.41) is 37.6. The third-order valence-corrected chi connectivity index (χ3v) is 5.33. The summed E-state index contributed by atoms with van der Waals surface area (Å²) in [7, 11) is 0. The van der Waals surface area contributed by atoms with Gasteiger partial charge >= 0.3 is 5.97 Å². The van der Waals surface area contributed by atoms with Gasteiger partial charge in [-0.1, -0.05) is 84.0 Å². The van der Waals surface area contributed by atoms with E-state index in [4.69, 9.17) is 14.9 Å². The molecule has 0 radical (unpaired) electrons. The van der Waals surface area contributed by atoms with E-state index in [1.165, 1.54) is 64.2 Å². The molecule has 0 aliphatic heterocycles. The van der Waals surface area contributed by atoms with Crippen LogP contribution in [0.1, 0.15) is 110 Å². The molecule has 6 heteroatoms. The van der Waals surface area contributed by atoms with E-state index in [-0.39, 0.29) is 6.42 Å². The topological polar surface area (TPSA) is 107 Å². The lowest BCUT2D eigenvalue weighted by atomic mass is 10.0. The van der Waals surface area contributed by atoms with E-state index in [2.05, 4.69) is 6.92 Å². The lowest BCUT2D eigenvalue weighted by molar-refractivity contribution is -0.155. The second-order valence-electron chi connectivity index (χ2n) is 8.24. The van der Waals surface area contributed by atoms with Crippen LogP contribution in [0, 0.1) is 0 Å². The number of rotatable bonds is 21. The van der Waals surface area contributed by atoms with E-state index in [0.29, 0.717) is 12.8 Å². The largest absolute Gasteiger partial charge is 0.457 e. The van der Waals surface area contributed by atoms with Crippen molar-refractivity contribution in [3.8, 4) is 0 Å². The minimum Gasteiger partial charge on any atom is -0.457 e. The zero-order chi connectivity index (χ0) is 21.7.